The second kappa shape index (κ2) is 8.35. The standard InChI is InChI=1S/C18H20BrNO6S/c1-24-14-2-4-15(5-3-14)25-11-18(21)20(10-16-6-7-17(19)26-16)13-8-9-27(22,23)12-13/h2-7,13H,8-12H2,1H3. The zero-order valence-corrected chi connectivity index (χ0v) is 17.2. The van der Waals surface area contributed by atoms with E-state index in [1.54, 1.807) is 43.5 Å². The largest absolute Gasteiger partial charge is 0.497 e. The van der Waals surface area contributed by atoms with Gasteiger partial charge in [-0.1, -0.05) is 0 Å². The number of hydrogen-bond acceptors (Lipinski definition) is 6. The van der Waals surface area contributed by atoms with Gasteiger partial charge in [-0.15, -0.1) is 0 Å². The Bertz CT molecular complexity index is 893. The zero-order valence-electron chi connectivity index (χ0n) is 14.8. The second-order valence-corrected chi connectivity index (χ2v) is 9.26. The molecule has 0 spiro atoms. The first kappa shape index (κ1) is 19.8. The van der Waals surface area contributed by atoms with Gasteiger partial charge in [0.05, 0.1) is 25.2 Å². The lowest BCUT2D eigenvalue weighted by Gasteiger charge is -2.27. The van der Waals surface area contributed by atoms with E-state index in [2.05, 4.69) is 15.9 Å². The second-order valence-electron chi connectivity index (χ2n) is 6.25. The summed E-state index contributed by atoms with van der Waals surface area (Å²) in [5.41, 5.74) is 0. The lowest BCUT2D eigenvalue weighted by molar-refractivity contribution is -0.136. The van der Waals surface area contributed by atoms with Crippen molar-refractivity contribution in [3.8, 4) is 11.5 Å². The molecule has 0 N–H and O–H groups in total. The third-order valence-electron chi connectivity index (χ3n) is 4.35. The van der Waals surface area contributed by atoms with Crippen LogP contribution >= 0.6 is 15.9 Å². The number of halogens is 1. The number of methoxy groups -OCH3 is 1. The average molecular weight is 458 g/mol. The molecule has 1 fully saturated rings. The maximum Gasteiger partial charge on any atom is 0.261 e. The number of nitrogens with zero attached hydrogens (tertiary/aromatic N) is 1. The maximum absolute atomic E-state index is 12.8. The summed E-state index contributed by atoms with van der Waals surface area (Å²) < 4.78 is 40.4. The van der Waals surface area contributed by atoms with Crippen LogP contribution < -0.4 is 9.47 Å². The Hall–Kier alpha value is -2.00. The molecule has 146 valence electrons. The minimum Gasteiger partial charge on any atom is -0.497 e. The van der Waals surface area contributed by atoms with E-state index in [1.165, 1.54) is 4.90 Å². The molecule has 1 atom stereocenters. The molecule has 27 heavy (non-hydrogen) atoms. The number of furan rings is 1. The molecule has 1 aliphatic heterocycles. The van der Waals surface area contributed by atoms with Gasteiger partial charge < -0.3 is 18.8 Å². The van der Waals surface area contributed by atoms with Crippen molar-refractivity contribution in [1.82, 2.24) is 4.90 Å². The van der Waals surface area contributed by atoms with Crippen molar-refractivity contribution in [2.75, 3.05) is 25.2 Å². The fourth-order valence-corrected chi connectivity index (χ4v) is 5.02. The van der Waals surface area contributed by atoms with Crippen LogP contribution in [0, 0.1) is 0 Å². The SMILES string of the molecule is COc1ccc(OCC(=O)N(Cc2ccc(Br)o2)C2CCS(=O)(=O)C2)cc1. The molecule has 2 heterocycles. The van der Waals surface area contributed by atoms with Crippen molar-refractivity contribution in [3.63, 3.8) is 0 Å². The highest BCUT2D eigenvalue weighted by molar-refractivity contribution is 9.10. The Kier molecular flexibility index (Phi) is 6.11. The molecule has 2 aromatic rings. The van der Waals surface area contributed by atoms with Crippen LogP contribution in [0.4, 0.5) is 0 Å². The van der Waals surface area contributed by atoms with Gasteiger partial charge in [0.15, 0.2) is 21.1 Å². The summed E-state index contributed by atoms with van der Waals surface area (Å²) in [6, 6.07) is 9.99. The molecule has 1 aromatic heterocycles. The predicted octanol–water partition coefficient (Wildman–Crippen LogP) is 2.65. The quantitative estimate of drug-likeness (QED) is 0.634. The van der Waals surface area contributed by atoms with Crippen molar-refractivity contribution in [1.29, 1.82) is 0 Å². The normalized spacial score (nSPS) is 18.2. The van der Waals surface area contributed by atoms with E-state index in [-0.39, 0.29) is 36.6 Å². The van der Waals surface area contributed by atoms with E-state index < -0.39 is 9.84 Å². The number of carbonyl (C=O) groups excluding carboxylic acids is 1. The van der Waals surface area contributed by atoms with Gasteiger partial charge in [-0.3, -0.25) is 4.79 Å². The van der Waals surface area contributed by atoms with Gasteiger partial charge in [-0.25, -0.2) is 8.42 Å². The van der Waals surface area contributed by atoms with E-state index in [0.29, 0.717) is 28.3 Å². The first-order valence-electron chi connectivity index (χ1n) is 8.37. The maximum atomic E-state index is 12.8. The van der Waals surface area contributed by atoms with Crippen LogP contribution in [0.3, 0.4) is 0 Å². The highest BCUT2D eigenvalue weighted by atomic mass is 79.9. The van der Waals surface area contributed by atoms with Crippen LogP contribution in [0.25, 0.3) is 0 Å². The minimum absolute atomic E-state index is 0.0385. The summed E-state index contributed by atoms with van der Waals surface area (Å²) >= 11 is 3.23. The summed E-state index contributed by atoms with van der Waals surface area (Å²) in [7, 11) is -1.55. The Balaban J connectivity index is 1.69. The van der Waals surface area contributed by atoms with Crippen LogP contribution in [-0.2, 0) is 21.2 Å². The first-order chi connectivity index (χ1) is 12.9. The number of ether oxygens (including phenoxy) is 2. The van der Waals surface area contributed by atoms with E-state index in [0.717, 1.165) is 0 Å². The van der Waals surface area contributed by atoms with Gasteiger partial charge in [0.2, 0.25) is 0 Å². The van der Waals surface area contributed by atoms with Gasteiger partial charge in [-0.05, 0) is 58.7 Å². The fourth-order valence-electron chi connectivity index (χ4n) is 2.95. The number of rotatable bonds is 7. The van der Waals surface area contributed by atoms with Gasteiger partial charge in [0.25, 0.3) is 5.91 Å². The van der Waals surface area contributed by atoms with E-state index in [4.69, 9.17) is 13.9 Å². The molecule has 0 aliphatic carbocycles. The predicted molar refractivity (Wildman–Crippen MR) is 103 cm³/mol. The summed E-state index contributed by atoms with van der Waals surface area (Å²) in [4.78, 5) is 14.3. The Labute approximate surface area is 166 Å². The third-order valence-corrected chi connectivity index (χ3v) is 6.52. The molecule has 1 amide bonds. The van der Waals surface area contributed by atoms with Crippen LogP contribution in [0.15, 0.2) is 45.5 Å². The van der Waals surface area contributed by atoms with Crippen LogP contribution in [0.1, 0.15) is 12.2 Å². The van der Waals surface area contributed by atoms with Crippen LogP contribution in [-0.4, -0.2) is 50.5 Å². The smallest absolute Gasteiger partial charge is 0.261 e. The molecule has 1 saturated heterocycles. The molecule has 9 heteroatoms. The van der Waals surface area contributed by atoms with Gasteiger partial charge >= 0.3 is 0 Å². The molecular weight excluding hydrogens is 438 g/mol. The van der Waals surface area contributed by atoms with Crippen LogP contribution in [0.5, 0.6) is 11.5 Å². The van der Waals surface area contributed by atoms with Crippen molar-refractivity contribution >= 4 is 31.7 Å². The number of hydrogen-bond donors (Lipinski definition) is 0. The van der Waals surface area contributed by atoms with Crippen molar-refractivity contribution in [2.45, 2.75) is 19.0 Å². The third kappa shape index (κ3) is 5.26. The average Bonchev–Trinajstić information content (AvgIpc) is 3.22. The molecule has 1 aliphatic rings. The van der Waals surface area contributed by atoms with E-state index >= 15 is 0 Å². The molecule has 0 saturated carbocycles. The lowest BCUT2D eigenvalue weighted by Crippen LogP contribution is -2.43. The summed E-state index contributed by atoms with van der Waals surface area (Å²) in [5, 5.41) is 0. The van der Waals surface area contributed by atoms with Crippen molar-refractivity contribution in [3.05, 3.63) is 46.8 Å². The fraction of sp³-hybridized carbons (Fsp3) is 0.389. The highest BCUT2D eigenvalue weighted by Gasteiger charge is 2.35. The topological polar surface area (TPSA) is 86.1 Å². The molecule has 1 unspecified atom stereocenters. The summed E-state index contributed by atoms with van der Waals surface area (Å²) in [6.45, 7) is 0.00134. The van der Waals surface area contributed by atoms with Crippen molar-refractivity contribution < 1.29 is 27.1 Å². The number of sulfone groups is 1. The number of benzene rings is 1. The Morgan fingerprint density at radius 1 is 1.22 bits per heavy atom. The molecule has 1 aromatic carbocycles. The highest BCUT2D eigenvalue weighted by Crippen LogP contribution is 2.23. The molecule has 3 rings (SSSR count). The summed E-state index contributed by atoms with van der Waals surface area (Å²) in [6.07, 6.45) is 0.415. The first-order valence-corrected chi connectivity index (χ1v) is 11.0. The lowest BCUT2D eigenvalue weighted by atomic mass is 10.2. The molecular formula is C18H20BrNO6S. The van der Waals surface area contributed by atoms with E-state index in [1.807, 2.05) is 0 Å². The monoisotopic (exact) mass is 457 g/mol. The minimum atomic E-state index is -3.12. The number of amides is 1. The molecule has 0 radical (unpaired) electrons. The van der Waals surface area contributed by atoms with E-state index in [9.17, 15) is 13.2 Å². The molecule has 7 nitrogen and oxygen atoms in total. The van der Waals surface area contributed by atoms with Gasteiger partial charge in [0.1, 0.15) is 17.3 Å². The molecule has 0 bridgehead atoms. The van der Waals surface area contributed by atoms with Gasteiger partial charge in [-0.2, -0.15) is 0 Å². The van der Waals surface area contributed by atoms with Gasteiger partial charge in [0, 0.05) is 6.04 Å². The Morgan fingerprint density at radius 2 is 1.93 bits per heavy atom. The number of carbonyl (C=O) groups is 1. The van der Waals surface area contributed by atoms with Crippen LogP contribution in [0.2, 0.25) is 0 Å². The zero-order chi connectivity index (χ0) is 19.4. The van der Waals surface area contributed by atoms with Crippen molar-refractivity contribution in [2.24, 2.45) is 0 Å². The Morgan fingerprint density at radius 3 is 2.48 bits per heavy atom. The summed E-state index contributed by atoms with van der Waals surface area (Å²) in [5.74, 6) is 1.55.